The van der Waals surface area contributed by atoms with Crippen LogP contribution in [0.5, 0.6) is 0 Å². The van der Waals surface area contributed by atoms with Crippen molar-refractivity contribution in [3.63, 3.8) is 0 Å². The Morgan fingerprint density at radius 2 is 1.65 bits per heavy atom. The Hall–Kier alpha value is -3.71. The molecule has 0 aliphatic carbocycles. The summed E-state index contributed by atoms with van der Waals surface area (Å²) >= 11 is 1.66. The number of halogens is 4. The predicted octanol–water partition coefficient (Wildman–Crippen LogP) is 11.2. The number of pyridine rings is 2. The maximum absolute atomic E-state index is 13.2. The molecule has 0 amide bonds. The molecule has 2 nitrogen and oxygen atoms in total. The Labute approximate surface area is 293 Å². The van der Waals surface area contributed by atoms with E-state index in [-0.39, 0.29) is 43.3 Å². The van der Waals surface area contributed by atoms with E-state index in [0.29, 0.717) is 11.1 Å². The van der Waals surface area contributed by atoms with Crippen molar-refractivity contribution in [1.29, 1.82) is 0 Å². The van der Waals surface area contributed by atoms with Gasteiger partial charge < -0.3 is 9.97 Å². The Balaban J connectivity index is 0.000000243. The third-order valence-electron chi connectivity index (χ3n) is 7.40. The number of aromatic nitrogens is 2. The van der Waals surface area contributed by atoms with Gasteiger partial charge in [-0.1, -0.05) is 49.7 Å². The van der Waals surface area contributed by atoms with Gasteiger partial charge in [-0.05, 0) is 66.4 Å². The molecule has 0 saturated carbocycles. The molecule has 1 radical (unpaired) electrons. The monoisotopic (exact) mass is 823 g/mol. The van der Waals surface area contributed by atoms with Crippen molar-refractivity contribution in [1.82, 2.24) is 9.97 Å². The second kappa shape index (κ2) is 14.4. The number of nitrogens with zero attached hydrogens (tertiary/aromatic N) is 2. The van der Waals surface area contributed by atoms with E-state index < -0.39 is 31.1 Å². The van der Waals surface area contributed by atoms with Crippen LogP contribution >= 0.6 is 11.3 Å². The molecule has 0 saturated heterocycles. The first kappa shape index (κ1) is 27.4. The van der Waals surface area contributed by atoms with Crippen molar-refractivity contribution in [2.45, 2.75) is 47.1 Å². The topological polar surface area (TPSA) is 25.8 Å². The van der Waals surface area contributed by atoms with Gasteiger partial charge in [-0.3, -0.25) is 4.39 Å². The molecule has 0 unspecified atom stereocenters. The van der Waals surface area contributed by atoms with Crippen LogP contribution in [-0.2, 0) is 26.5 Å². The Kier molecular flexibility index (Phi) is 8.56. The molecule has 239 valence electrons. The van der Waals surface area contributed by atoms with E-state index in [1.807, 2.05) is 48.7 Å². The zero-order valence-corrected chi connectivity index (χ0v) is 28.2. The number of thiophene rings is 1. The van der Waals surface area contributed by atoms with Gasteiger partial charge in [0.15, 0.2) is 0 Å². The van der Waals surface area contributed by atoms with Gasteiger partial charge in [-0.15, -0.1) is 77.1 Å². The molecule has 3 aromatic heterocycles. The quantitative estimate of drug-likeness (QED) is 0.128. The van der Waals surface area contributed by atoms with Crippen LogP contribution in [0.1, 0.15) is 44.3 Å². The zero-order valence-electron chi connectivity index (χ0n) is 31.0. The average molecular weight is 823 g/mol. The van der Waals surface area contributed by atoms with Crippen molar-refractivity contribution in [3.8, 4) is 33.0 Å². The van der Waals surface area contributed by atoms with E-state index in [1.165, 1.54) is 32.0 Å². The number of aryl methyl sites for hydroxylation is 3. The maximum atomic E-state index is 13.2. The average Bonchev–Trinajstić information content (AvgIpc) is 3.40. The first-order valence-electron chi connectivity index (χ1n) is 17.0. The molecule has 0 atom stereocenters. The molecule has 0 spiro atoms. The SMILES string of the molecule is Cc1c(-c2ccc(CC(C)(C)C(F)(F)F)cc2)sc2c(-c3[c-]cccc3)nccc12.[2H]C([2H])([2H])c1cnc(-c2[c-]cc(F)cc2)cc1C([2H])([2H])[2H].[Ir]. The molecule has 0 fully saturated rings. The van der Waals surface area contributed by atoms with Crippen molar-refractivity contribution in [2.75, 3.05) is 0 Å². The fourth-order valence-corrected chi connectivity index (χ4v) is 6.02. The largest absolute Gasteiger partial charge is 0.394 e. The van der Waals surface area contributed by atoms with Crippen molar-refractivity contribution in [3.05, 3.63) is 131 Å². The van der Waals surface area contributed by atoms with Crippen LogP contribution in [0.2, 0.25) is 0 Å². The van der Waals surface area contributed by atoms with Gasteiger partial charge in [0.05, 0.1) is 5.41 Å². The molecule has 3 heterocycles. The molecular formula is C38H32F4IrN2S-2. The van der Waals surface area contributed by atoms with E-state index in [1.54, 1.807) is 23.5 Å². The molecular weight excluding hydrogens is 785 g/mol. The summed E-state index contributed by atoms with van der Waals surface area (Å²) in [7, 11) is 0. The minimum absolute atomic E-state index is 0. The molecule has 0 N–H and O–H groups in total. The van der Waals surface area contributed by atoms with Crippen LogP contribution in [-0.4, -0.2) is 16.1 Å². The Bertz CT molecular complexity index is 2130. The Morgan fingerprint density at radius 1 is 0.891 bits per heavy atom. The summed E-state index contributed by atoms with van der Waals surface area (Å²) in [5.41, 5.74) is 2.95. The molecule has 0 aliphatic rings. The summed E-state index contributed by atoms with van der Waals surface area (Å²) in [6, 6.07) is 28.0. The second-order valence-electron chi connectivity index (χ2n) is 11.2. The fraction of sp³-hybridized carbons (Fsp3) is 0.211. The third-order valence-corrected chi connectivity index (χ3v) is 8.77. The summed E-state index contributed by atoms with van der Waals surface area (Å²) in [5, 5.41) is 1.14. The van der Waals surface area contributed by atoms with Gasteiger partial charge in [0.1, 0.15) is 0 Å². The second-order valence-corrected chi connectivity index (χ2v) is 12.2. The normalized spacial score (nSPS) is 14.0. The number of hydrogen-bond donors (Lipinski definition) is 0. The first-order valence-corrected chi connectivity index (χ1v) is 14.8. The van der Waals surface area contributed by atoms with E-state index >= 15 is 0 Å². The van der Waals surface area contributed by atoms with E-state index in [2.05, 4.69) is 29.0 Å². The van der Waals surface area contributed by atoms with Gasteiger partial charge in [0, 0.05) is 61.8 Å². The minimum Gasteiger partial charge on any atom is -0.304 e. The van der Waals surface area contributed by atoms with E-state index in [4.69, 9.17) is 8.22 Å². The van der Waals surface area contributed by atoms with Gasteiger partial charge in [-0.2, -0.15) is 13.2 Å². The molecule has 8 heteroatoms. The molecule has 0 bridgehead atoms. The van der Waals surface area contributed by atoms with Crippen molar-refractivity contribution < 1.29 is 45.9 Å². The zero-order chi connectivity index (χ0) is 37.4. The third kappa shape index (κ3) is 7.80. The number of fused-ring (bicyclic) bond motifs is 1. The van der Waals surface area contributed by atoms with Crippen LogP contribution in [0.4, 0.5) is 17.6 Å². The molecule has 6 aromatic rings. The first-order chi connectivity index (χ1) is 23.8. The molecule has 46 heavy (non-hydrogen) atoms. The van der Waals surface area contributed by atoms with Crippen LogP contribution in [0, 0.1) is 44.0 Å². The van der Waals surface area contributed by atoms with Crippen molar-refractivity contribution in [2.24, 2.45) is 5.41 Å². The van der Waals surface area contributed by atoms with Crippen LogP contribution in [0.15, 0.2) is 91.3 Å². The predicted molar refractivity (Wildman–Crippen MR) is 176 cm³/mol. The summed E-state index contributed by atoms with van der Waals surface area (Å²) < 4.78 is 98.1. The smallest absolute Gasteiger partial charge is 0.304 e. The molecule has 3 aromatic carbocycles. The van der Waals surface area contributed by atoms with Gasteiger partial charge in [0.2, 0.25) is 0 Å². The number of benzene rings is 3. The minimum atomic E-state index is -4.23. The molecule has 0 aliphatic heterocycles. The Morgan fingerprint density at radius 3 is 2.28 bits per heavy atom. The number of rotatable bonds is 5. The summed E-state index contributed by atoms with van der Waals surface area (Å²) in [6.07, 6.45) is -1.43. The van der Waals surface area contributed by atoms with Gasteiger partial charge in [-0.25, -0.2) is 0 Å². The maximum Gasteiger partial charge on any atom is 0.394 e. The van der Waals surface area contributed by atoms with Crippen LogP contribution < -0.4 is 0 Å². The summed E-state index contributed by atoms with van der Waals surface area (Å²) in [4.78, 5) is 9.64. The standard InChI is InChI=1S/C25H21F3NS.C13H11FN.Ir/c1-16-20-13-14-29-21(18-7-5-4-6-8-18)23(20)30-22(16)19-11-9-17(10-12-19)15-24(2,3)25(26,27)28;1-9-7-13(15-8-10(9)2)11-3-5-12(14)6-4-11;/h4-7,9-14H,15H2,1-3H3;3,5-8H,1-2H3;/q2*-1;/i;1D3,2D3;. The van der Waals surface area contributed by atoms with Gasteiger partial charge in [0.25, 0.3) is 0 Å². The number of alkyl halides is 3. The summed E-state index contributed by atoms with van der Waals surface area (Å²) in [6.45, 7) is -0.588. The van der Waals surface area contributed by atoms with Crippen LogP contribution in [0.25, 0.3) is 43.0 Å². The fourth-order valence-electron chi connectivity index (χ4n) is 4.71. The van der Waals surface area contributed by atoms with Crippen molar-refractivity contribution >= 4 is 21.4 Å². The number of hydrogen-bond acceptors (Lipinski definition) is 3. The van der Waals surface area contributed by atoms with Crippen LogP contribution in [0.3, 0.4) is 0 Å². The van der Waals surface area contributed by atoms with Gasteiger partial charge >= 0.3 is 6.18 Å². The van der Waals surface area contributed by atoms with E-state index in [0.717, 1.165) is 49.6 Å². The molecule has 6 rings (SSSR count). The van der Waals surface area contributed by atoms with E-state index in [9.17, 15) is 17.6 Å². The summed E-state index contributed by atoms with van der Waals surface area (Å²) in [5.74, 6) is -0.478.